The predicted molar refractivity (Wildman–Crippen MR) is 69.0 cm³/mol. The molecule has 17 heavy (non-hydrogen) atoms. The maximum atomic E-state index is 11.1. The summed E-state index contributed by atoms with van der Waals surface area (Å²) in [5.74, 6) is 1.21. The number of aldehydes is 1. The van der Waals surface area contributed by atoms with Gasteiger partial charge < -0.3 is 9.30 Å². The zero-order valence-electron chi connectivity index (χ0n) is 10.6. The first-order valence-corrected chi connectivity index (χ1v) is 5.69. The maximum Gasteiger partial charge on any atom is 0.170 e. The van der Waals surface area contributed by atoms with Crippen LogP contribution in [0, 0.1) is 0 Å². The van der Waals surface area contributed by atoms with E-state index in [1.165, 1.54) is 0 Å². The first-order valence-electron chi connectivity index (χ1n) is 5.69. The third-order valence-corrected chi connectivity index (χ3v) is 2.81. The second-order valence-electron chi connectivity index (χ2n) is 4.63. The number of carbonyl (C=O) groups is 1. The molecule has 0 amide bonds. The minimum atomic E-state index is 0.286. The van der Waals surface area contributed by atoms with Crippen LogP contribution in [0.3, 0.4) is 0 Å². The van der Waals surface area contributed by atoms with Gasteiger partial charge in [0.15, 0.2) is 6.29 Å². The predicted octanol–water partition coefficient (Wildman–Crippen LogP) is 2.34. The van der Waals surface area contributed by atoms with Crippen molar-refractivity contribution in [3.05, 3.63) is 29.8 Å². The molecule has 0 aliphatic rings. The average Bonchev–Trinajstić information content (AvgIpc) is 2.67. The highest BCUT2D eigenvalue weighted by Crippen LogP contribution is 2.26. The Bertz CT molecular complexity index is 555. The quantitative estimate of drug-likeness (QED) is 0.761. The fourth-order valence-electron chi connectivity index (χ4n) is 2.02. The molecule has 0 spiro atoms. The van der Waals surface area contributed by atoms with Crippen LogP contribution >= 0.6 is 0 Å². The lowest BCUT2D eigenvalue weighted by Crippen LogP contribution is -2.10. The molecule has 90 valence electrons. The van der Waals surface area contributed by atoms with Gasteiger partial charge in [-0.05, 0) is 12.1 Å². The zero-order valence-corrected chi connectivity index (χ0v) is 10.6. The van der Waals surface area contributed by atoms with Gasteiger partial charge in [0.25, 0.3) is 0 Å². The minimum Gasteiger partial charge on any atom is -0.376 e. The zero-order chi connectivity index (χ0) is 12.6. The highest BCUT2D eigenvalue weighted by Gasteiger charge is 2.16. The molecule has 0 aromatic carbocycles. The number of nitrogens with zero attached hydrogens (tertiary/aromatic N) is 3. The minimum absolute atomic E-state index is 0.286. The van der Waals surface area contributed by atoms with E-state index in [0.717, 1.165) is 23.3 Å². The van der Waals surface area contributed by atoms with Crippen molar-refractivity contribution in [2.75, 3.05) is 19.0 Å². The average molecular weight is 231 g/mol. The largest absolute Gasteiger partial charge is 0.376 e. The number of fused-ring (bicyclic) bond motifs is 1. The summed E-state index contributed by atoms with van der Waals surface area (Å²) in [6.45, 7) is 4.15. The Morgan fingerprint density at radius 1 is 1.41 bits per heavy atom. The monoisotopic (exact) mass is 231 g/mol. The van der Waals surface area contributed by atoms with Crippen molar-refractivity contribution < 1.29 is 4.79 Å². The molecular formula is C13H17N3O. The second-order valence-corrected chi connectivity index (χ2v) is 4.63. The van der Waals surface area contributed by atoms with Crippen LogP contribution in [0.25, 0.3) is 5.52 Å². The van der Waals surface area contributed by atoms with Crippen LogP contribution in [0.2, 0.25) is 0 Å². The molecular weight excluding hydrogens is 214 g/mol. The standard InChI is InChI=1S/C13H17N3O/c1-9(2)13-14-10(8-17)12-11(15(3)4)6-5-7-16(12)13/h5-9H,1-4H3. The van der Waals surface area contributed by atoms with Crippen LogP contribution in [-0.4, -0.2) is 29.8 Å². The van der Waals surface area contributed by atoms with Crippen molar-refractivity contribution in [2.45, 2.75) is 19.8 Å². The summed E-state index contributed by atoms with van der Waals surface area (Å²) in [4.78, 5) is 17.5. The van der Waals surface area contributed by atoms with Gasteiger partial charge in [0, 0.05) is 26.2 Å². The van der Waals surface area contributed by atoms with Gasteiger partial charge in [-0.1, -0.05) is 13.8 Å². The smallest absolute Gasteiger partial charge is 0.170 e. The number of pyridine rings is 1. The number of rotatable bonds is 3. The number of anilines is 1. The van der Waals surface area contributed by atoms with E-state index in [0.29, 0.717) is 5.69 Å². The van der Waals surface area contributed by atoms with E-state index < -0.39 is 0 Å². The van der Waals surface area contributed by atoms with Crippen LogP contribution in [-0.2, 0) is 0 Å². The summed E-state index contributed by atoms with van der Waals surface area (Å²) in [5.41, 5.74) is 2.41. The first kappa shape index (κ1) is 11.6. The van der Waals surface area contributed by atoms with E-state index in [1.807, 2.05) is 41.7 Å². The van der Waals surface area contributed by atoms with Crippen molar-refractivity contribution in [3.63, 3.8) is 0 Å². The molecule has 2 aromatic rings. The van der Waals surface area contributed by atoms with E-state index in [1.54, 1.807) is 0 Å². The van der Waals surface area contributed by atoms with Gasteiger partial charge in [0.05, 0.1) is 11.2 Å². The maximum absolute atomic E-state index is 11.1. The molecule has 4 heteroatoms. The molecule has 2 rings (SSSR count). The lowest BCUT2D eigenvalue weighted by atomic mass is 10.2. The van der Waals surface area contributed by atoms with Crippen molar-refractivity contribution in [2.24, 2.45) is 0 Å². The second kappa shape index (κ2) is 4.20. The Hall–Kier alpha value is -1.84. The SMILES string of the molecule is CC(C)c1nc(C=O)c2c(N(C)C)cccn12. The molecule has 0 unspecified atom stereocenters. The highest BCUT2D eigenvalue weighted by molar-refractivity contribution is 5.91. The van der Waals surface area contributed by atoms with Gasteiger partial charge in [-0.2, -0.15) is 0 Å². The van der Waals surface area contributed by atoms with Crippen LogP contribution < -0.4 is 4.90 Å². The number of hydrogen-bond acceptors (Lipinski definition) is 3. The molecule has 0 N–H and O–H groups in total. The molecule has 0 fully saturated rings. The lowest BCUT2D eigenvalue weighted by Gasteiger charge is -2.14. The molecule has 0 saturated heterocycles. The molecule has 0 radical (unpaired) electrons. The van der Waals surface area contributed by atoms with Gasteiger partial charge in [-0.25, -0.2) is 4.98 Å². The van der Waals surface area contributed by atoms with Crippen LogP contribution in [0.4, 0.5) is 5.69 Å². The van der Waals surface area contributed by atoms with Crippen molar-refractivity contribution in [3.8, 4) is 0 Å². The molecule has 0 aliphatic heterocycles. The molecule has 0 aliphatic carbocycles. The van der Waals surface area contributed by atoms with Crippen molar-refractivity contribution in [1.82, 2.24) is 9.38 Å². The van der Waals surface area contributed by atoms with E-state index >= 15 is 0 Å². The fourth-order valence-corrected chi connectivity index (χ4v) is 2.02. The Labute approximate surface area is 101 Å². The van der Waals surface area contributed by atoms with Gasteiger partial charge in [-0.3, -0.25) is 4.79 Å². The molecule has 0 atom stereocenters. The van der Waals surface area contributed by atoms with Gasteiger partial charge >= 0.3 is 0 Å². The molecule has 0 bridgehead atoms. The number of imidazole rings is 1. The van der Waals surface area contributed by atoms with Crippen LogP contribution in [0.5, 0.6) is 0 Å². The molecule has 2 heterocycles. The first-order chi connectivity index (χ1) is 8.06. The van der Waals surface area contributed by atoms with E-state index in [4.69, 9.17) is 0 Å². The number of aromatic nitrogens is 2. The Morgan fingerprint density at radius 2 is 2.12 bits per heavy atom. The molecule has 0 saturated carbocycles. The molecule has 2 aromatic heterocycles. The van der Waals surface area contributed by atoms with Gasteiger partial charge in [0.2, 0.25) is 0 Å². The highest BCUT2D eigenvalue weighted by atomic mass is 16.1. The normalized spacial score (nSPS) is 11.1. The topological polar surface area (TPSA) is 37.6 Å². The summed E-state index contributed by atoms with van der Waals surface area (Å²) >= 11 is 0. The van der Waals surface area contributed by atoms with E-state index in [-0.39, 0.29) is 5.92 Å². The van der Waals surface area contributed by atoms with E-state index in [2.05, 4.69) is 18.8 Å². The Kier molecular flexibility index (Phi) is 2.88. The van der Waals surface area contributed by atoms with Crippen molar-refractivity contribution >= 4 is 17.5 Å². The summed E-state index contributed by atoms with van der Waals surface area (Å²) in [6.07, 6.45) is 2.78. The summed E-state index contributed by atoms with van der Waals surface area (Å²) in [6, 6.07) is 3.97. The molecule has 4 nitrogen and oxygen atoms in total. The third kappa shape index (κ3) is 1.79. The van der Waals surface area contributed by atoms with Crippen LogP contribution in [0.15, 0.2) is 18.3 Å². The van der Waals surface area contributed by atoms with Gasteiger partial charge in [-0.15, -0.1) is 0 Å². The summed E-state index contributed by atoms with van der Waals surface area (Å²) < 4.78 is 2.00. The van der Waals surface area contributed by atoms with E-state index in [9.17, 15) is 4.79 Å². The fraction of sp³-hybridized carbons (Fsp3) is 0.385. The summed E-state index contributed by atoms with van der Waals surface area (Å²) in [5, 5.41) is 0. The number of carbonyl (C=O) groups excluding carboxylic acids is 1. The Morgan fingerprint density at radius 3 is 2.65 bits per heavy atom. The lowest BCUT2D eigenvalue weighted by molar-refractivity contribution is 0.112. The number of hydrogen-bond donors (Lipinski definition) is 0. The third-order valence-electron chi connectivity index (χ3n) is 2.81. The van der Waals surface area contributed by atoms with Crippen LogP contribution in [0.1, 0.15) is 36.1 Å². The van der Waals surface area contributed by atoms with Crippen molar-refractivity contribution in [1.29, 1.82) is 0 Å². The Balaban J connectivity index is 2.84. The van der Waals surface area contributed by atoms with Gasteiger partial charge in [0.1, 0.15) is 11.5 Å². The summed E-state index contributed by atoms with van der Waals surface area (Å²) in [7, 11) is 3.93.